The summed E-state index contributed by atoms with van der Waals surface area (Å²) in [7, 11) is 6.84. The summed E-state index contributed by atoms with van der Waals surface area (Å²) >= 11 is 0. The van der Waals surface area contributed by atoms with E-state index in [1.807, 2.05) is 48.1 Å². The van der Waals surface area contributed by atoms with E-state index in [9.17, 15) is 9.90 Å². The number of aromatic nitrogens is 3. The van der Waals surface area contributed by atoms with Crippen LogP contribution in [0.25, 0.3) is 22.2 Å². The van der Waals surface area contributed by atoms with Gasteiger partial charge in [0.05, 0.1) is 26.0 Å². The van der Waals surface area contributed by atoms with Gasteiger partial charge in [0.2, 0.25) is 0 Å². The second kappa shape index (κ2) is 8.76. The van der Waals surface area contributed by atoms with Crippen molar-refractivity contribution in [1.82, 2.24) is 19.7 Å². The quantitative estimate of drug-likeness (QED) is 0.467. The number of amides is 1. The first-order valence-electron chi connectivity index (χ1n) is 10.2. The number of ether oxygens (including phenoxy) is 2. The summed E-state index contributed by atoms with van der Waals surface area (Å²) in [6.45, 7) is 0.0835. The molecule has 4 aromatic rings. The molecule has 2 heterocycles. The fourth-order valence-electron chi connectivity index (χ4n) is 3.73. The second-order valence-corrected chi connectivity index (χ2v) is 7.58. The maximum Gasteiger partial charge on any atom is 0.269 e. The molecule has 0 saturated heterocycles. The van der Waals surface area contributed by atoms with E-state index in [4.69, 9.17) is 9.47 Å². The van der Waals surface area contributed by atoms with Gasteiger partial charge in [0.25, 0.3) is 5.91 Å². The van der Waals surface area contributed by atoms with Gasteiger partial charge in [-0.15, -0.1) is 0 Å². The van der Waals surface area contributed by atoms with Crippen molar-refractivity contribution in [1.29, 1.82) is 0 Å². The molecule has 1 unspecified atom stereocenters. The number of benzene rings is 2. The van der Waals surface area contributed by atoms with Crippen LogP contribution in [0.15, 0.2) is 54.7 Å². The largest absolute Gasteiger partial charge is 0.497 e. The Kier molecular flexibility index (Phi) is 5.87. The molecule has 0 radical (unpaired) electrons. The molecule has 1 atom stereocenters. The first-order valence-corrected chi connectivity index (χ1v) is 10.2. The van der Waals surface area contributed by atoms with E-state index in [-0.39, 0.29) is 12.5 Å². The zero-order valence-electron chi connectivity index (χ0n) is 18.5. The highest BCUT2D eigenvalue weighted by Gasteiger charge is 2.18. The molecule has 2 aromatic heterocycles. The average molecular weight is 434 g/mol. The molecule has 8 nitrogen and oxygen atoms in total. The number of hydrogen-bond acceptors (Lipinski definition) is 5. The average Bonchev–Trinajstić information content (AvgIpc) is 3.39. The van der Waals surface area contributed by atoms with Crippen LogP contribution in [0.1, 0.15) is 22.2 Å². The van der Waals surface area contributed by atoms with Crippen LogP contribution >= 0.6 is 0 Å². The maximum atomic E-state index is 12.8. The molecule has 32 heavy (non-hydrogen) atoms. The van der Waals surface area contributed by atoms with Gasteiger partial charge >= 0.3 is 0 Å². The number of aliphatic hydroxyl groups excluding tert-OH is 1. The first kappa shape index (κ1) is 21.5. The van der Waals surface area contributed by atoms with Crippen molar-refractivity contribution in [3.05, 3.63) is 66.0 Å². The van der Waals surface area contributed by atoms with Crippen LogP contribution in [0.3, 0.4) is 0 Å². The number of nitrogens with one attached hydrogen (secondary N) is 1. The number of fused-ring (bicyclic) bond motifs is 1. The molecule has 0 aliphatic heterocycles. The number of hydrogen-bond donors (Lipinski definition) is 2. The van der Waals surface area contributed by atoms with Crippen molar-refractivity contribution in [2.45, 2.75) is 6.10 Å². The predicted molar refractivity (Wildman–Crippen MR) is 122 cm³/mol. The molecular formula is C24H26N4O4. The molecular weight excluding hydrogens is 408 g/mol. The van der Waals surface area contributed by atoms with Gasteiger partial charge in [-0.2, -0.15) is 5.10 Å². The van der Waals surface area contributed by atoms with Crippen molar-refractivity contribution in [3.8, 4) is 22.8 Å². The molecule has 166 valence electrons. The number of methoxy groups -OCH3 is 2. The molecule has 4 rings (SSSR count). The minimum absolute atomic E-state index is 0.0835. The fourth-order valence-corrected chi connectivity index (χ4v) is 3.73. The molecule has 1 amide bonds. The molecule has 8 heteroatoms. The highest BCUT2D eigenvalue weighted by molar-refractivity contribution is 5.94. The van der Waals surface area contributed by atoms with E-state index in [0.29, 0.717) is 22.9 Å². The Bertz CT molecular complexity index is 1270. The van der Waals surface area contributed by atoms with E-state index in [1.54, 1.807) is 39.5 Å². The van der Waals surface area contributed by atoms with Gasteiger partial charge in [-0.3, -0.25) is 9.48 Å². The lowest BCUT2D eigenvalue weighted by atomic mass is 10.1. The normalized spacial score (nSPS) is 12.0. The van der Waals surface area contributed by atoms with Gasteiger partial charge < -0.3 is 24.5 Å². The third kappa shape index (κ3) is 4.04. The van der Waals surface area contributed by atoms with E-state index in [0.717, 1.165) is 22.0 Å². The number of rotatable bonds is 7. The first-order chi connectivity index (χ1) is 15.4. The van der Waals surface area contributed by atoms with Crippen molar-refractivity contribution in [3.63, 3.8) is 0 Å². The predicted octanol–water partition coefficient (Wildman–Crippen LogP) is 3.06. The van der Waals surface area contributed by atoms with Crippen LogP contribution < -0.4 is 14.8 Å². The minimum Gasteiger partial charge on any atom is -0.497 e. The topological polar surface area (TPSA) is 90.5 Å². The van der Waals surface area contributed by atoms with E-state index in [1.165, 1.54) is 4.68 Å². The summed E-state index contributed by atoms with van der Waals surface area (Å²) in [5, 5.41) is 18.9. The number of aryl methyl sites for hydroxylation is 2. The zero-order valence-corrected chi connectivity index (χ0v) is 18.5. The SMILES string of the molecule is COc1ccc(OC)c(-c2cc(C(=O)NCC(O)c3ccc4c(ccn4C)c3)n(C)n2)c1. The lowest BCUT2D eigenvalue weighted by Gasteiger charge is -2.13. The Labute approximate surface area is 186 Å². The van der Waals surface area contributed by atoms with Gasteiger partial charge in [-0.1, -0.05) is 6.07 Å². The van der Waals surface area contributed by atoms with Gasteiger partial charge in [0, 0.05) is 37.9 Å². The summed E-state index contributed by atoms with van der Waals surface area (Å²) in [6.07, 6.45) is 1.15. The molecule has 2 N–H and O–H groups in total. The number of carbonyl (C=O) groups excluding carboxylic acids is 1. The van der Waals surface area contributed by atoms with Gasteiger partial charge in [-0.25, -0.2) is 0 Å². The third-order valence-corrected chi connectivity index (χ3v) is 5.55. The molecule has 0 spiro atoms. The minimum atomic E-state index is -0.824. The summed E-state index contributed by atoms with van der Waals surface area (Å²) in [6, 6.07) is 14.9. The molecule has 0 bridgehead atoms. The van der Waals surface area contributed by atoms with Crippen LogP contribution in [-0.2, 0) is 14.1 Å². The van der Waals surface area contributed by atoms with E-state index in [2.05, 4.69) is 10.4 Å². The lowest BCUT2D eigenvalue weighted by Crippen LogP contribution is -2.29. The van der Waals surface area contributed by atoms with Crippen molar-refractivity contribution in [2.24, 2.45) is 14.1 Å². The summed E-state index contributed by atoms with van der Waals surface area (Å²) in [5.74, 6) is 0.964. The van der Waals surface area contributed by atoms with Crippen molar-refractivity contribution in [2.75, 3.05) is 20.8 Å². The Morgan fingerprint density at radius 3 is 2.66 bits per heavy atom. The molecule has 0 saturated carbocycles. The Balaban J connectivity index is 1.50. The Morgan fingerprint density at radius 1 is 1.09 bits per heavy atom. The van der Waals surface area contributed by atoms with Gasteiger partial charge in [-0.05, 0) is 53.4 Å². The smallest absolute Gasteiger partial charge is 0.269 e. The monoisotopic (exact) mass is 434 g/mol. The van der Waals surface area contributed by atoms with Crippen molar-refractivity contribution < 1.29 is 19.4 Å². The fraction of sp³-hybridized carbons (Fsp3) is 0.250. The van der Waals surface area contributed by atoms with Crippen LogP contribution in [0, 0.1) is 0 Å². The van der Waals surface area contributed by atoms with Crippen LogP contribution in [-0.4, -0.2) is 46.1 Å². The highest BCUT2D eigenvalue weighted by Crippen LogP contribution is 2.33. The summed E-state index contributed by atoms with van der Waals surface area (Å²) in [4.78, 5) is 12.8. The van der Waals surface area contributed by atoms with Crippen molar-refractivity contribution >= 4 is 16.8 Å². The summed E-state index contributed by atoms with van der Waals surface area (Å²) < 4.78 is 14.3. The number of carbonyl (C=O) groups is 1. The van der Waals surface area contributed by atoms with E-state index >= 15 is 0 Å². The zero-order chi connectivity index (χ0) is 22.8. The second-order valence-electron chi connectivity index (χ2n) is 7.58. The Hall–Kier alpha value is -3.78. The number of aliphatic hydroxyl groups is 1. The van der Waals surface area contributed by atoms with E-state index < -0.39 is 6.10 Å². The molecule has 2 aromatic carbocycles. The number of nitrogens with zero attached hydrogens (tertiary/aromatic N) is 3. The standard InChI is InChI=1S/C24H26N4O4/c1-27-10-9-15-11-16(5-7-20(15)27)22(29)14-25-24(30)21-13-19(26-28(21)2)18-12-17(31-3)6-8-23(18)32-4/h5-13,22,29H,14H2,1-4H3,(H,25,30). The molecule has 0 fully saturated rings. The third-order valence-electron chi connectivity index (χ3n) is 5.55. The van der Waals surface area contributed by atoms with Crippen LogP contribution in [0.4, 0.5) is 0 Å². The van der Waals surface area contributed by atoms with Crippen LogP contribution in [0.5, 0.6) is 11.5 Å². The van der Waals surface area contributed by atoms with Crippen LogP contribution in [0.2, 0.25) is 0 Å². The summed E-state index contributed by atoms with van der Waals surface area (Å²) in [5.41, 5.74) is 3.51. The Morgan fingerprint density at radius 2 is 1.91 bits per heavy atom. The van der Waals surface area contributed by atoms with Gasteiger partial charge in [0.15, 0.2) is 0 Å². The highest BCUT2D eigenvalue weighted by atomic mass is 16.5. The lowest BCUT2D eigenvalue weighted by molar-refractivity contribution is 0.0907. The van der Waals surface area contributed by atoms with Gasteiger partial charge in [0.1, 0.15) is 17.2 Å². The molecule has 0 aliphatic carbocycles. The molecule has 0 aliphatic rings. The maximum absolute atomic E-state index is 12.8.